The summed E-state index contributed by atoms with van der Waals surface area (Å²) in [7, 11) is 0. The first kappa shape index (κ1) is 40.1. The van der Waals surface area contributed by atoms with Gasteiger partial charge in [-0.25, -0.2) is 4.39 Å². The maximum atomic E-state index is 15.2. The maximum Gasteiger partial charge on any atom is 0.233 e. The predicted molar refractivity (Wildman–Crippen MR) is 212 cm³/mol. The largest absolute Gasteiger partial charge is 0.381 e. The Kier molecular flexibility index (Phi) is 14.6. The highest BCUT2D eigenvalue weighted by molar-refractivity contribution is 6.00. The molecule has 1 aromatic heterocycles. The minimum Gasteiger partial charge on any atom is -0.381 e. The molecule has 2 aromatic carbocycles. The van der Waals surface area contributed by atoms with Gasteiger partial charge in [-0.2, -0.15) is 0 Å². The molecule has 2 unspecified atom stereocenters. The van der Waals surface area contributed by atoms with E-state index in [1.807, 2.05) is 39.0 Å². The lowest BCUT2D eigenvalue weighted by molar-refractivity contribution is -0.137. The van der Waals surface area contributed by atoms with Gasteiger partial charge in [0.05, 0.1) is 5.69 Å². The average molecular weight is 727 g/mol. The van der Waals surface area contributed by atoms with Gasteiger partial charge in [0.1, 0.15) is 11.7 Å². The number of ether oxygens (including phenoxy) is 1. The number of benzene rings is 2. The van der Waals surface area contributed by atoms with Crippen LogP contribution in [0.25, 0.3) is 17.2 Å². The maximum absolute atomic E-state index is 15.2. The molecule has 5 rings (SSSR count). The molecule has 2 aliphatic rings. The van der Waals surface area contributed by atoms with Crippen LogP contribution in [0.5, 0.6) is 0 Å². The topological polar surface area (TPSA) is 108 Å². The molecule has 2 aliphatic heterocycles. The summed E-state index contributed by atoms with van der Waals surface area (Å²) in [6.45, 7) is 17.7. The summed E-state index contributed by atoms with van der Waals surface area (Å²) in [5.74, 6) is -2.17. The van der Waals surface area contributed by atoms with E-state index in [0.29, 0.717) is 31.2 Å². The number of piperazine rings is 1. The van der Waals surface area contributed by atoms with Gasteiger partial charge in [0.25, 0.3) is 0 Å². The van der Waals surface area contributed by atoms with Crippen molar-refractivity contribution in [2.24, 2.45) is 11.8 Å². The minimum atomic E-state index is -0.908. The van der Waals surface area contributed by atoms with E-state index in [9.17, 15) is 9.59 Å². The van der Waals surface area contributed by atoms with Crippen molar-refractivity contribution in [2.75, 3.05) is 38.2 Å². The van der Waals surface area contributed by atoms with Gasteiger partial charge in [-0.1, -0.05) is 64.1 Å². The van der Waals surface area contributed by atoms with Crippen LogP contribution < -0.4 is 21.3 Å². The Morgan fingerprint density at radius 3 is 2.51 bits per heavy atom. The quantitative estimate of drug-likeness (QED) is 0.128. The standard InChI is InChI=1S/C43H59FN6O3/c1-7-9-13-35-30(6)48-39(8-2)37(41(35)49-34-16-20-53-21-17-34)25-47-43(52)40(28(3)4)42(51)46-24-31-14-15-38(44)36(23-31)33-12-10-11-32(22-33)27-50-19-18-45-29(5)26-50/h9-15,22-23,28-29,34,40,45H,7-8,16-21,24-27H2,1-6H3,(H,46,51)(H,47,52)(H,48,49)/b13-9-. The van der Waals surface area contributed by atoms with Crippen molar-refractivity contribution in [3.05, 3.63) is 88.0 Å². The van der Waals surface area contributed by atoms with Crippen molar-refractivity contribution >= 4 is 23.6 Å². The molecule has 0 bridgehead atoms. The fraction of sp³-hybridized carbons (Fsp3) is 0.512. The number of carbonyl (C=O) groups excluding carboxylic acids is 2. The van der Waals surface area contributed by atoms with Gasteiger partial charge in [0.2, 0.25) is 11.8 Å². The third-order valence-corrected chi connectivity index (χ3v) is 10.3. The first-order valence-corrected chi connectivity index (χ1v) is 19.5. The van der Waals surface area contributed by atoms with Gasteiger partial charge in [0, 0.05) is 92.6 Å². The number of aromatic nitrogens is 1. The molecule has 0 radical (unpaired) electrons. The number of anilines is 1. The number of aryl methyl sites for hydroxylation is 2. The molecule has 3 aromatic rings. The normalized spacial score (nSPS) is 17.6. The minimum absolute atomic E-state index is 0.176. The smallest absolute Gasteiger partial charge is 0.233 e. The highest BCUT2D eigenvalue weighted by Crippen LogP contribution is 2.31. The number of hydrogen-bond donors (Lipinski definition) is 4. The molecule has 9 nitrogen and oxygen atoms in total. The summed E-state index contributed by atoms with van der Waals surface area (Å²) in [6, 6.07) is 13.6. The third kappa shape index (κ3) is 10.7. The fourth-order valence-corrected chi connectivity index (χ4v) is 7.42. The van der Waals surface area contributed by atoms with Crippen LogP contribution in [0.1, 0.15) is 87.5 Å². The van der Waals surface area contributed by atoms with Crippen molar-refractivity contribution in [1.29, 1.82) is 0 Å². The van der Waals surface area contributed by atoms with Crippen LogP contribution in [-0.4, -0.2) is 66.6 Å². The van der Waals surface area contributed by atoms with E-state index in [-0.39, 0.29) is 42.7 Å². The van der Waals surface area contributed by atoms with Crippen molar-refractivity contribution < 1.29 is 18.7 Å². The van der Waals surface area contributed by atoms with E-state index < -0.39 is 5.92 Å². The molecule has 10 heteroatoms. The molecule has 0 spiro atoms. The van der Waals surface area contributed by atoms with Gasteiger partial charge < -0.3 is 26.0 Å². The zero-order valence-electron chi connectivity index (χ0n) is 32.5. The molecule has 2 amide bonds. The summed E-state index contributed by atoms with van der Waals surface area (Å²) in [5, 5.41) is 13.3. The molecule has 3 heterocycles. The van der Waals surface area contributed by atoms with Crippen LogP contribution >= 0.6 is 0 Å². The van der Waals surface area contributed by atoms with Crippen LogP contribution in [0.4, 0.5) is 10.1 Å². The Hall–Kier alpha value is -4.12. The average Bonchev–Trinajstić information content (AvgIpc) is 3.14. The van der Waals surface area contributed by atoms with Crippen LogP contribution in [0, 0.1) is 24.6 Å². The number of nitrogens with one attached hydrogen (secondary N) is 4. The predicted octanol–water partition coefficient (Wildman–Crippen LogP) is 6.77. The number of pyridine rings is 1. The van der Waals surface area contributed by atoms with E-state index in [1.165, 1.54) is 6.07 Å². The Balaban J connectivity index is 1.28. The Bertz CT molecular complexity index is 1740. The second-order valence-corrected chi connectivity index (χ2v) is 14.9. The van der Waals surface area contributed by atoms with Gasteiger partial charge in [-0.15, -0.1) is 0 Å². The number of amides is 2. The van der Waals surface area contributed by atoms with Crippen LogP contribution in [0.15, 0.2) is 48.5 Å². The lowest BCUT2D eigenvalue weighted by atomic mass is 9.93. The monoisotopic (exact) mass is 726 g/mol. The molecular formula is C43H59FN6O3. The lowest BCUT2D eigenvalue weighted by Crippen LogP contribution is -2.48. The van der Waals surface area contributed by atoms with Gasteiger partial charge in [-0.3, -0.25) is 19.5 Å². The molecule has 2 atom stereocenters. The first-order valence-electron chi connectivity index (χ1n) is 19.5. The van der Waals surface area contributed by atoms with E-state index >= 15 is 4.39 Å². The molecule has 286 valence electrons. The Labute approximate surface area is 315 Å². The lowest BCUT2D eigenvalue weighted by Gasteiger charge is -2.31. The summed E-state index contributed by atoms with van der Waals surface area (Å²) in [6.07, 6.45) is 7.65. The van der Waals surface area contributed by atoms with Crippen molar-refractivity contribution in [2.45, 2.75) is 98.9 Å². The number of rotatable bonds is 15. The van der Waals surface area contributed by atoms with Gasteiger partial charge in [-0.05, 0) is 80.3 Å². The molecular weight excluding hydrogens is 668 g/mol. The summed E-state index contributed by atoms with van der Waals surface area (Å²) >= 11 is 0. The molecule has 0 aliphatic carbocycles. The van der Waals surface area contributed by atoms with E-state index in [4.69, 9.17) is 9.72 Å². The molecule has 0 saturated carbocycles. The van der Waals surface area contributed by atoms with Crippen molar-refractivity contribution in [3.8, 4) is 11.1 Å². The highest BCUT2D eigenvalue weighted by atomic mass is 19.1. The molecule has 2 fully saturated rings. The number of allylic oxidation sites excluding steroid dienone is 1. The van der Waals surface area contributed by atoms with E-state index in [1.54, 1.807) is 12.1 Å². The first-order chi connectivity index (χ1) is 25.6. The zero-order valence-corrected chi connectivity index (χ0v) is 32.5. The third-order valence-electron chi connectivity index (χ3n) is 10.3. The number of nitrogens with zero attached hydrogens (tertiary/aromatic N) is 2. The summed E-state index contributed by atoms with van der Waals surface area (Å²) < 4.78 is 20.8. The van der Waals surface area contributed by atoms with Gasteiger partial charge >= 0.3 is 0 Å². The molecule has 4 N–H and O–H groups in total. The second kappa shape index (κ2) is 19.3. The van der Waals surface area contributed by atoms with E-state index in [2.05, 4.69) is 65.2 Å². The van der Waals surface area contributed by atoms with Crippen LogP contribution in [0.2, 0.25) is 0 Å². The summed E-state index contributed by atoms with van der Waals surface area (Å²) in [5.41, 5.74) is 8.01. The summed E-state index contributed by atoms with van der Waals surface area (Å²) in [4.78, 5) is 34.8. The second-order valence-electron chi connectivity index (χ2n) is 14.9. The molecule has 2 saturated heterocycles. The SMILES string of the molecule is CC/C=C\c1c(C)nc(CC)c(CNC(=O)C(C(=O)NCc2ccc(F)c(-c3cccc(CN4CCNC(C)C4)c3)c2)C(C)C)c1NC1CCOCC1. The van der Waals surface area contributed by atoms with E-state index in [0.717, 1.165) is 90.3 Å². The van der Waals surface area contributed by atoms with Crippen LogP contribution in [-0.2, 0) is 40.4 Å². The number of halogens is 1. The number of hydrogen-bond acceptors (Lipinski definition) is 7. The van der Waals surface area contributed by atoms with Crippen LogP contribution in [0.3, 0.4) is 0 Å². The number of carbonyl (C=O) groups is 2. The van der Waals surface area contributed by atoms with Crippen molar-refractivity contribution in [1.82, 2.24) is 25.8 Å². The molecule has 53 heavy (non-hydrogen) atoms. The fourth-order valence-electron chi connectivity index (χ4n) is 7.42. The van der Waals surface area contributed by atoms with Gasteiger partial charge in [0.15, 0.2) is 0 Å². The zero-order chi connectivity index (χ0) is 37.9. The van der Waals surface area contributed by atoms with Crippen molar-refractivity contribution in [3.63, 3.8) is 0 Å². The Morgan fingerprint density at radius 1 is 1.06 bits per heavy atom. The Morgan fingerprint density at radius 2 is 1.81 bits per heavy atom. The highest BCUT2D eigenvalue weighted by Gasteiger charge is 2.30.